The van der Waals surface area contributed by atoms with E-state index in [2.05, 4.69) is 10.6 Å². The van der Waals surface area contributed by atoms with E-state index in [1.165, 1.54) is 17.0 Å². The number of urea groups is 2. The van der Waals surface area contributed by atoms with E-state index in [1.54, 1.807) is 31.1 Å². The molecule has 9 nitrogen and oxygen atoms in total. The van der Waals surface area contributed by atoms with Crippen molar-refractivity contribution in [2.75, 3.05) is 19.3 Å². The Morgan fingerprint density at radius 1 is 1.08 bits per heavy atom. The Kier molecular flexibility index (Phi) is 3.98. The smallest absolute Gasteiger partial charge is 0.319 e. The average Bonchev–Trinajstić information content (AvgIpc) is 2.54. The molecule has 0 radical (unpaired) electrons. The van der Waals surface area contributed by atoms with Gasteiger partial charge in [0.15, 0.2) is 0 Å². The third-order valence-corrected chi connectivity index (χ3v) is 4.86. The van der Waals surface area contributed by atoms with E-state index in [1.807, 2.05) is 6.92 Å². The first kappa shape index (κ1) is 16.3. The number of amides is 4. The van der Waals surface area contributed by atoms with Crippen molar-refractivity contribution in [3.63, 3.8) is 0 Å². The monoisotopic (exact) mass is 334 g/mol. The number of carbonyl (C=O) groups is 2. The molecule has 3 N–H and O–H groups in total. The van der Waals surface area contributed by atoms with Gasteiger partial charge in [-0.05, 0) is 24.6 Å². The van der Waals surface area contributed by atoms with Gasteiger partial charge in [0, 0.05) is 26.1 Å². The molecule has 0 saturated carbocycles. The van der Waals surface area contributed by atoms with E-state index in [0.717, 1.165) is 5.56 Å². The van der Waals surface area contributed by atoms with Crippen molar-refractivity contribution in [2.24, 2.45) is 5.92 Å². The van der Waals surface area contributed by atoms with Crippen LogP contribution < -0.4 is 15.9 Å². The molecule has 4 atom stereocenters. The van der Waals surface area contributed by atoms with Crippen molar-refractivity contribution in [1.29, 1.82) is 0 Å². The van der Waals surface area contributed by atoms with Crippen LogP contribution in [0.2, 0.25) is 0 Å². The highest BCUT2D eigenvalue weighted by Crippen LogP contribution is 2.38. The summed E-state index contributed by atoms with van der Waals surface area (Å²) in [5.74, 6) is -0.0845. The van der Waals surface area contributed by atoms with E-state index in [4.69, 9.17) is 5.21 Å². The van der Waals surface area contributed by atoms with Crippen LogP contribution in [0.4, 0.5) is 15.3 Å². The normalized spacial score (nSPS) is 29.7. The zero-order valence-electron chi connectivity index (χ0n) is 13.6. The maximum absolute atomic E-state index is 12.3. The van der Waals surface area contributed by atoms with Crippen LogP contribution in [0.1, 0.15) is 18.5 Å². The number of fused-ring (bicyclic) bond motifs is 1. The fraction of sp³-hybridized carbons (Fsp3) is 0.467. The van der Waals surface area contributed by atoms with Crippen molar-refractivity contribution in [3.05, 3.63) is 35.0 Å². The number of nitrogens with one attached hydrogen (secondary N) is 2. The lowest BCUT2D eigenvalue weighted by atomic mass is 9.81. The van der Waals surface area contributed by atoms with Gasteiger partial charge in [-0.2, -0.15) is 0 Å². The maximum atomic E-state index is 12.3. The van der Waals surface area contributed by atoms with Gasteiger partial charge in [-0.1, -0.05) is 12.1 Å². The summed E-state index contributed by atoms with van der Waals surface area (Å²) in [6, 6.07) is 5.46. The molecule has 24 heavy (non-hydrogen) atoms. The fourth-order valence-electron chi connectivity index (χ4n) is 3.55. The molecule has 0 aliphatic carbocycles. The second kappa shape index (κ2) is 5.84. The Morgan fingerprint density at radius 3 is 2.25 bits per heavy atom. The van der Waals surface area contributed by atoms with E-state index in [0.29, 0.717) is 0 Å². The number of anilines is 1. The Balaban J connectivity index is 1.99. The quantitative estimate of drug-likeness (QED) is 0.700. The molecule has 0 bridgehead atoms. The lowest BCUT2D eigenvalue weighted by Gasteiger charge is -2.52. The minimum atomic E-state index is -0.420. The summed E-state index contributed by atoms with van der Waals surface area (Å²) < 4.78 is 0. The Bertz CT molecular complexity index is 650. The number of benzene rings is 1. The number of nitrogens with zero attached hydrogens (tertiary/aromatic N) is 3. The van der Waals surface area contributed by atoms with Crippen molar-refractivity contribution >= 4 is 17.7 Å². The number of hydrogen-bond acceptors (Lipinski definition) is 5. The summed E-state index contributed by atoms with van der Waals surface area (Å²) in [5.41, 5.74) is 0.935. The first-order chi connectivity index (χ1) is 11.3. The second-order valence-corrected chi connectivity index (χ2v) is 6.24. The third kappa shape index (κ3) is 2.51. The Labute approximate surface area is 139 Å². The maximum Gasteiger partial charge on any atom is 0.319 e. The van der Waals surface area contributed by atoms with Gasteiger partial charge >= 0.3 is 12.1 Å². The highest BCUT2D eigenvalue weighted by molar-refractivity contribution is 5.80. The Morgan fingerprint density at radius 2 is 1.67 bits per heavy atom. The molecule has 2 aliphatic rings. The molecule has 9 heteroatoms. The van der Waals surface area contributed by atoms with Gasteiger partial charge in [0.1, 0.15) is 6.17 Å². The zero-order valence-corrected chi connectivity index (χ0v) is 13.6. The standard InChI is InChI=1S/C15H20N5O4/c1-8-11-12(9-4-6-10(7-5-9)20(23)24)18(2)15(22)17-13(11)19(3)14(21)16-8/h4-8,11-13,23H,1-3H3,(H,16,21)(H,17,22)/q-1/t8?,11-,12?,13-/m0/s1. The van der Waals surface area contributed by atoms with Crippen molar-refractivity contribution in [3.8, 4) is 0 Å². The van der Waals surface area contributed by atoms with Crippen molar-refractivity contribution < 1.29 is 14.8 Å². The van der Waals surface area contributed by atoms with Crippen molar-refractivity contribution in [2.45, 2.75) is 25.2 Å². The van der Waals surface area contributed by atoms with Crippen LogP contribution in [-0.2, 0) is 0 Å². The Hall–Kier alpha value is -2.52. The van der Waals surface area contributed by atoms with Crippen LogP contribution in [-0.4, -0.2) is 53.4 Å². The topological polar surface area (TPSA) is 111 Å². The van der Waals surface area contributed by atoms with Crippen LogP contribution in [0.25, 0.3) is 0 Å². The molecule has 0 aromatic heterocycles. The summed E-state index contributed by atoms with van der Waals surface area (Å²) in [7, 11) is 3.34. The van der Waals surface area contributed by atoms with Crippen LogP contribution in [0.5, 0.6) is 0 Å². The third-order valence-electron chi connectivity index (χ3n) is 4.86. The van der Waals surface area contributed by atoms with Gasteiger partial charge in [0.05, 0.1) is 11.7 Å². The molecule has 2 heterocycles. The lowest BCUT2D eigenvalue weighted by Crippen LogP contribution is -2.71. The minimum absolute atomic E-state index is 0.0845. The summed E-state index contributed by atoms with van der Waals surface area (Å²) in [4.78, 5) is 27.4. The molecule has 2 unspecified atom stereocenters. The predicted molar refractivity (Wildman–Crippen MR) is 86.1 cm³/mol. The molecule has 2 aliphatic heterocycles. The van der Waals surface area contributed by atoms with E-state index < -0.39 is 6.17 Å². The molecule has 4 amide bonds. The van der Waals surface area contributed by atoms with Crippen LogP contribution >= 0.6 is 0 Å². The van der Waals surface area contributed by atoms with Gasteiger partial charge in [-0.15, -0.1) is 0 Å². The zero-order chi connectivity index (χ0) is 17.6. The first-order valence-corrected chi connectivity index (χ1v) is 7.64. The van der Waals surface area contributed by atoms with E-state index >= 15 is 0 Å². The van der Waals surface area contributed by atoms with E-state index in [9.17, 15) is 14.8 Å². The highest BCUT2D eigenvalue weighted by atomic mass is 16.8. The van der Waals surface area contributed by atoms with Gasteiger partial charge in [-0.25, -0.2) is 9.59 Å². The molecule has 3 rings (SSSR count). The average molecular weight is 334 g/mol. The predicted octanol–water partition coefficient (Wildman–Crippen LogP) is 1.06. The number of carbonyl (C=O) groups excluding carboxylic acids is 2. The molecule has 0 spiro atoms. The minimum Gasteiger partial charge on any atom is -0.733 e. The lowest BCUT2D eigenvalue weighted by molar-refractivity contribution is 0.0248. The van der Waals surface area contributed by atoms with Gasteiger partial charge < -0.3 is 30.9 Å². The molecule has 130 valence electrons. The van der Waals surface area contributed by atoms with Gasteiger partial charge in [0.2, 0.25) is 0 Å². The summed E-state index contributed by atoms with van der Waals surface area (Å²) in [6.45, 7) is 1.91. The molecule has 1 aromatic rings. The summed E-state index contributed by atoms with van der Waals surface area (Å²) >= 11 is 0. The second-order valence-electron chi connectivity index (χ2n) is 6.24. The van der Waals surface area contributed by atoms with Gasteiger partial charge in [0.25, 0.3) is 0 Å². The SMILES string of the molecule is CC1NC(=O)N(C)[C@@H]2NC(=O)N(C)C(c3ccc(N([O-])O)cc3)[C@H]12. The van der Waals surface area contributed by atoms with Crippen molar-refractivity contribution in [1.82, 2.24) is 20.4 Å². The molecule has 1 aromatic carbocycles. The van der Waals surface area contributed by atoms with Crippen LogP contribution in [0.15, 0.2) is 24.3 Å². The molecule has 2 saturated heterocycles. The number of hydrogen-bond donors (Lipinski definition) is 3. The summed E-state index contributed by atoms with van der Waals surface area (Å²) in [6.07, 6.45) is -0.420. The van der Waals surface area contributed by atoms with Crippen LogP contribution in [0, 0.1) is 11.1 Å². The van der Waals surface area contributed by atoms with Gasteiger partial charge in [-0.3, -0.25) is 5.21 Å². The molecular weight excluding hydrogens is 314 g/mol. The summed E-state index contributed by atoms with van der Waals surface area (Å²) in [5, 5.41) is 25.5. The highest BCUT2D eigenvalue weighted by Gasteiger charge is 2.49. The first-order valence-electron chi connectivity index (χ1n) is 7.64. The van der Waals surface area contributed by atoms with E-state index in [-0.39, 0.29) is 41.0 Å². The fourth-order valence-corrected chi connectivity index (χ4v) is 3.55. The number of rotatable bonds is 2. The molecular formula is C15H20N5O4-. The molecule has 2 fully saturated rings. The van der Waals surface area contributed by atoms with Crippen LogP contribution in [0.3, 0.4) is 0 Å². The largest absolute Gasteiger partial charge is 0.733 e.